The van der Waals surface area contributed by atoms with Gasteiger partial charge in [-0.3, -0.25) is 4.79 Å². The minimum absolute atomic E-state index is 0.0339. The van der Waals surface area contributed by atoms with Crippen LogP contribution < -0.4 is 4.74 Å². The zero-order valence-electron chi connectivity index (χ0n) is 13.1. The Morgan fingerprint density at radius 2 is 2.12 bits per heavy atom. The molecule has 0 aliphatic carbocycles. The molecule has 1 saturated heterocycles. The minimum atomic E-state index is -1.14. The first-order valence-electron chi connectivity index (χ1n) is 7.72. The molecule has 1 N–H and O–H groups in total. The van der Waals surface area contributed by atoms with Gasteiger partial charge in [0.15, 0.2) is 0 Å². The Kier molecular flexibility index (Phi) is 4.71. The number of rotatable bonds is 4. The maximum Gasteiger partial charge on any atom is 0.272 e. The van der Waals surface area contributed by atoms with Crippen molar-refractivity contribution in [1.82, 2.24) is 14.9 Å². The van der Waals surface area contributed by atoms with Crippen LogP contribution in [0.2, 0.25) is 0 Å². The Hall–Kier alpha value is -2.54. The van der Waals surface area contributed by atoms with E-state index < -0.39 is 5.60 Å². The second-order valence-electron chi connectivity index (χ2n) is 5.89. The molecule has 1 aromatic heterocycles. The normalized spacial score (nSPS) is 20.7. The first kappa shape index (κ1) is 16.3. The Labute approximate surface area is 138 Å². The van der Waals surface area contributed by atoms with Crippen molar-refractivity contribution in [2.45, 2.75) is 18.4 Å². The third-order valence-electron chi connectivity index (χ3n) is 3.96. The van der Waals surface area contributed by atoms with Gasteiger partial charge in [-0.15, -0.1) is 0 Å². The van der Waals surface area contributed by atoms with E-state index in [2.05, 4.69) is 9.97 Å². The van der Waals surface area contributed by atoms with Gasteiger partial charge < -0.3 is 14.7 Å². The number of carbonyl (C=O) groups is 1. The fourth-order valence-electron chi connectivity index (χ4n) is 2.73. The zero-order chi connectivity index (χ0) is 17.0. The average Bonchev–Trinajstić information content (AvgIpc) is 2.61. The van der Waals surface area contributed by atoms with Crippen LogP contribution in [0.25, 0.3) is 0 Å². The Balaban J connectivity index is 1.63. The molecule has 1 aliphatic rings. The summed E-state index contributed by atoms with van der Waals surface area (Å²) in [6, 6.07) is 7.15. The summed E-state index contributed by atoms with van der Waals surface area (Å²) < 4.78 is 18.5. The second kappa shape index (κ2) is 6.92. The second-order valence-corrected chi connectivity index (χ2v) is 5.89. The van der Waals surface area contributed by atoms with E-state index in [0.29, 0.717) is 30.8 Å². The number of hydrogen-bond donors (Lipinski definition) is 1. The van der Waals surface area contributed by atoms with E-state index >= 15 is 0 Å². The fourth-order valence-corrected chi connectivity index (χ4v) is 2.73. The van der Waals surface area contributed by atoms with Crippen LogP contribution in [0.15, 0.2) is 42.9 Å². The van der Waals surface area contributed by atoms with Crippen LogP contribution >= 0.6 is 0 Å². The van der Waals surface area contributed by atoms with Gasteiger partial charge in [0.2, 0.25) is 0 Å². The van der Waals surface area contributed by atoms with Gasteiger partial charge in [-0.1, -0.05) is 0 Å². The minimum Gasteiger partial charge on any atom is -0.491 e. The van der Waals surface area contributed by atoms with Crippen LogP contribution in [-0.2, 0) is 0 Å². The number of piperidine rings is 1. The summed E-state index contributed by atoms with van der Waals surface area (Å²) in [4.78, 5) is 21.8. The number of halogens is 1. The van der Waals surface area contributed by atoms with Gasteiger partial charge in [-0.25, -0.2) is 14.4 Å². The van der Waals surface area contributed by atoms with Crippen molar-refractivity contribution in [3.8, 4) is 5.75 Å². The summed E-state index contributed by atoms with van der Waals surface area (Å²) in [7, 11) is 0. The third kappa shape index (κ3) is 3.86. The number of nitrogens with zero attached hydrogens (tertiary/aromatic N) is 3. The SMILES string of the molecule is O=C(c1ccncn1)N1CCC[C@@](O)(COc2ccc(F)cc2)C1. The molecular formula is C17H18FN3O3. The highest BCUT2D eigenvalue weighted by Gasteiger charge is 2.36. The molecule has 1 amide bonds. The molecule has 1 atom stereocenters. The van der Waals surface area contributed by atoms with Crippen molar-refractivity contribution in [2.24, 2.45) is 0 Å². The van der Waals surface area contributed by atoms with Crippen molar-refractivity contribution >= 4 is 5.91 Å². The largest absolute Gasteiger partial charge is 0.491 e. The molecule has 7 heteroatoms. The lowest BCUT2D eigenvalue weighted by atomic mass is 9.93. The van der Waals surface area contributed by atoms with E-state index in [0.717, 1.165) is 0 Å². The summed E-state index contributed by atoms with van der Waals surface area (Å²) in [5, 5.41) is 10.7. The molecule has 1 fully saturated rings. The number of aromatic nitrogens is 2. The number of benzene rings is 1. The lowest BCUT2D eigenvalue weighted by Gasteiger charge is -2.38. The molecule has 126 valence electrons. The van der Waals surface area contributed by atoms with Crippen LogP contribution in [0, 0.1) is 5.82 Å². The van der Waals surface area contributed by atoms with Gasteiger partial charge in [0.1, 0.15) is 35.8 Å². The molecule has 0 spiro atoms. The van der Waals surface area contributed by atoms with Crippen LogP contribution in [-0.4, -0.2) is 51.2 Å². The van der Waals surface area contributed by atoms with Gasteiger partial charge >= 0.3 is 0 Å². The summed E-state index contributed by atoms with van der Waals surface area (Å²) in [6.45, 7) is 0.755. The maximum atomic E-state index is 12.9. The molecule has 3 rings (SSSR count). The lowest BCUT2D eigenvalue weighted by molar-refractivity contribution is -0.0533. The summed E-state index contributed by atoms with van der Waals surface area (Å²) in [5.41, 5.74) is -0.844. The van der Waals surface area contributed by atoms with Crippen molar-refractivity contribution in [3.05, 3.63) is 54.4 Å². The lowest BCUT2D eigenvalue weighted by Crippen LogP contribution is -2.53. The molecule has 6 nitrogen and oxygen atoms in total. The molecule has 0 bridgehead atoms. The van der Waals surface area contributed by atoms with Crippen LogP contribution in [0.3, 0.4) is 0 Å². The van der Waals surface area contributed by atoms with E-state index in [1.54, 1.807) is 11.0 Å². The number of hydrogen-bond acceptors (Lipinski definition) is 5. The number of amides is 1. The number of ether oxygens (including phenoxy) is 1. The Bertz CT molecular complexity index is 696. The molecule has 0 unspecified atom stereocenters. The van der Waals surface area contributed by atoms with E-state index in [4.69, 9.17) is 4.74 Å². The van der Waals surface area contributed by atoms with E-state index in [1.165, 1.54) is 36.8 Å². The van der Waals surface area contributed by atoms with E-state index in [9.17, 15) is 14.3 Å². The van der Waals surface area contributed by atoms with Crippen molar-refractivity contribution < 1.29 is 19.0 Å². The van der Waals surface area contributed by atoms with E-state index in [1.807, 2.05) is 0 Å². The number of aliphatic hydroxyl groups is 1. The Morgan fingerprint density at radius 1 is 1.33 bits per heavy atom. The molecule has 24 heavy (non-hydrogen) atoms. The monoisotopic (exact) mass is 331 g/mol. The smallest absolute Gasteiger partial charge is 0.272 e. The van der Waals surface area contributed by atoms with Gasteiger partial charge in [0.25, 0.3) is 5.91 Å². The average molecular weight is 331 g/mol. The summed E-state index contributed by atoms with van der Waals surface area (Å²) in [6.07, 6.45) is 4.02. The highest BCUT2D eigenvalue weighted by atomic mass is 19.1. The van der Waals surface area contributed by atoms with Gasteiger partial charge in [0, 0.05) is 12.7 Å². The number of carbonyl (C=O) groups excluding carboxylic acids is 1. The molecule has 1 aliphatic heterocycles. The highest BCUT2D eigenvalue weighted by molar-refractivity contribution is 5.92. The molecule has 0 saturated carbocycles. The van der Waals surface area contributed by atoms with Crippen LogP contribution in [0.5, 0.6) is 5.75 Å². The fraction of sp³-hybridized carbons (Fsp3) is 0.353. The molecule has 2 heterocycles. The first-order valence-corrected chi connectivity index (χ1v) is 7.72. The third-order valence-corrected chi connectivity index (χ3v) is 3.96. The number of β-amino-alcohol motifs (C(OH)–C–C–N with tert-alkyl or cyclic N) is 1. The van der Waals surface area contributed by atoms with Gasteiger partial charge in [0.05, 0.1) is 6.54 Å². The quantitative estimate of drug-likeness (QED) is 0.922. The van der Waals surface area contributed by atoms with Crippen molar-refractivity contribution in [2.75, 3.05) is 19.7 Å². The summed E-state index contributed by atoms with van der Waals surface area (Å²) in [5.74, 6) is -0.110. The first-order chi connectivity index (χ1) is 11.6. The standard InChI is InChI=1S/C17H18FN3O3/c18-13-2-4-14(5-3-13)24-11-17(23)7-1-9-21(10-17)16(22)15-6-8-19-12-20-15/h2-6,8,12,23H,1,7,9-11H2/t17-/m0/s1. The maximum absolute atomic E-state index is 12.9. The summed E-state index contributed by atoms with van der Waals surface area (Å²) >= 11 is 0. The Morgan fingerprint density at radius 3 is 2.83 bits per heavy atom. The van der Waals surface area contributed by atoms with Crippen LogP contribution in [0.4, 0.5) is 4.39 Å². The van der Waals surface area contributed by atoms with E-state index in [-0.39, 0.29) is 24.9 Å². The van der Waals surface area contributed by atoms with Gasteiger partial charge in [-0.05, 0) is 43.2 Å². The molecule has 2 aromatic rings. The molecule has 1 aromatic carbocycles. The van der Waals surface area contributed by atoms with Gasteiger partial charge in [-0.2, -0.15) is 0 Å². The molecule has 0 radical (unpaired) electrons. The van der Waals surface area contributed by atoms with Crippen molar-refractivity contribution in [1.29, 1.82) is 0 Å². The van der Waals surface area contributed by atoms with Crippen LogP contribution in [0.1, 0.15) is 23.3 Å². The topological polar surface area (TPSA) is 75.6 Å². The molecular weight excluding hydrogens is 313 g/mol. The predicted octanol–water partition coefficient (Wildman–Crippen LogP) is 1.66. The highest BCUT2D eigenvalue weighted by Crippen LogP contribution is 2.24. The van der Waals surface area contributed by atoms with Crippen molar-refractivity contribution in [3.63, 3.8) is 0 Å². The number of likely N-dealkylation sites (tertiary alicyclic amines) is 1. The zero-order valence-corrected chi connectivity index (χ0v) is 13.1. The predicted molar refractivity (Wildman–Crippen MR) is 84.0 cm³/mol.